The van der Waals surface area contributed by atoms with Crippen molar-refractivity contribution in [1.82, 2.24) is 4.90 Å². The molecule has 0 aromatic heterocycles. The number of carbonyl (C=O) groups excluding carboxylic acids is 3. The van der Waals surface area contributed by atoms with Gasteiger partial charge in [0.25, 0.3) is 0 Å². The number of para-hydroxylation sites is 1. The first-order chi connectivity index (χ1) is 21.4. The molecule has 1 saturated heterocycles. The van der Waals surface area contributed by atoms with Crippen LogP contribution in [0.2, 0.25) is 10.0 Å². The predicted molar refractivity (Wildman–Crippen MR) is 171 cm³/mol. The standard InChI is InChI=1S/C36H26Cl2N2O4/c1-2-19-44-24-14-11-22(12-15-24)32(41)30-31(33(42)26-16-13-23(37)20-28(26)38)40-18-17-21-7-3-4-8-25(21)34(40)36(30)27-9-5-6-10-29(27)39-35(36)43/h2-18,20,30-31,34H,1,19H2,(H,39,43)/t30-,31+,34+,36+/m0/s1. The van der Waals surface area contributed by atoms with E-state index >= 15 is 0 Å². The number of nitrogens with zero attached hydrogens (tertiary/aromatic N) is 1. The highest BCUT2D eigenvalue weighted by Gasteiger charge is 2.70. The smallest absolute Gasteiger partial charge is 0.238 e. The highest BCUT2D eigenvalue weighted by molar-refractivity contribution is 6.37. The lowest BCUT2D eigenvalue weighted by molar-refractivity contribution is -0.122. The number of Topliss-reactive ketones (excluding diaryl/α,β-unsaturated/α-hetero) is 2. The van der Waals surface area contributed by atoms with Crippen LogP contribution < -0.4 is 10.1 Å². The highest BCUT2D eigenvalue weighted by Crippen LogP contribution is 2.62. The molecule has 1 fully saturated rings. The molecule has 0 unspecified atom stereocenters. The first kappa shape index (κ1) is 28.1. The van der Waals surface area contributed by atoms with Gasteiger partial charge in [0, 0.05) is 28.0 Å². The van der Waals surface area contributed by atoms with Gasteiger partial charge in [-0.3, -0.25) is 14.4 Å². The van der Waals surface area contributed by atoms with Crippen LogP contribution in [0.4, 0.5) is 5.69 Å². The Bertz CT molecular complexity index is 1890. The molecule has 6 nitrogen and oxygen atoms in total. The molecule has 3 aliphatic rings. The van der Waals surface area contributed by atoms with Crippen molar-refractivity contribution >= 4 is 52.4 Å². The van der Waals surface area contributed by atoms with Gasteiger partial charge in [-0.2, -0.15) is 0 Å². The van der Waals surface area contributed by atoms with Crippen LogP contribution >= 0.6 is 23.2 Å². The van der Waals surface area contributed by atoms with Crippen molar-refractivity contribution in [2.24, 2.45) is 5.92 Å². The molecule has 4 atom stereocenters. The van der Waals surface area contributed by atoms with Crippen LogP contribution in [-0.2, 0) is 10.2 Å². The molecular weight excluding hydrogens is 595 g/mol. The fourth-order valence-corrected chi connectivity index (χ4v) is 7.57. The van der Waals surface area contributed by atoms with E-state index in [1.54, 1.807) is 42.5 Å². The van der Waals surface area contributed by atoms with Crippen molar-refractivity contribution in [3.8, 4) is 5.75 Å². The second-order valence-corrected chi connectivity index (χ2v) is 11.9. The van der Waals surface area contributed by atoms with Crippen LogP contribution in [0.1, 0.15) is 43.4 Å². The lowest BCUT2D eigenvalue weighted by Crippen LogP contribution is -2.49. The lowest BCUT2D eigenvalue weighted by Gasteiger charge is -2.38. The van der Waals surface area contributed by atoms with E-state index in [0.717, 1.165) is 11.1 Å². The molecule has 0 bridgehead atoms. The Morgan fingerprint density at radius 1 is 0.955 bits per heavy atom. The number of halogens is 2. The van der Waals surface area contributed by atoms with Crippen LogP contribution in [-0.4, -0.2) is 35.0 Å². The zero-order chi connectivity index (χ0) is 30.6. The first-order valence-electron chi connectivity index (χ1n) is 14.2. The molecule has 1 amide bonds. The minimum atomic E-state index is -1.44. The van der Waals surface area contributed by atoms with Crippen molar-refractivity contribution in [2.75, 3.05) is 11.9 Å². The predicted octanol–water partition coefficient (Wildman–Crippen LogP) is 7.54. The summed E-state index contributed by atoms with van der Waals surface area (Å²) in [6, 6.07) is 24.9. The number of benzene rings is 4. The van der Waals surface area contributed by atoms with Gasteiger partial charge in [0.05, 0.1) is 17.0 Å². The number of ether oxygens (including phenoxy) is 1. The summed E-state index contributed by atoms with van der Waals surface area (Å²) in [6.45, 7) is 3.99. The minimum absolute atomic E-state index is 0.174. The zero-order valence-corrected chi connectivity index (χ0v) is 24.9. The molecule has 8 heteroatoms. The maximum Gasteiger partial charge on any atom is 0.238 e. The third-order valence-electron chi connectivity index (χ3n) is 8.82. The van der Waals surface area contributed by atoms with Gasteiger partial charge in [0.2, 0.25) is 5.91 Å². The Balaban J connectivity index is 1.49. The third kappa shape index (κ3) is 4.13. The molecule has 7 rings (SSSR count). The number of carbonyl (C=O) groups is 3. The summed E-state index contributed by atoms with van der Waals surface area (Å²) in [5.41, 5.74) is 2.20. The van der Waals surface area contributed by atoms with Crippen molar-refractivity contribution in [1.29, 1.82) is 0 Å². The summed E-state index contributed by atoms with van der Waals surface area (Å²) in [6.07, 6.45) is 5.38. The summed E-state index contributed by atoms with van der Waals surface area (Å²) in [4.78, 5) is 46.1. The molecule has 3 heterocycles. The van der Waals surface area contributed by atoms with Crippen molar-refractivity contribution in [2.45, 2.75) is 17.5 Å². The Labute approximate surface area is 264 Å². The van der Waals surface area contributed by atoms with E-state index < -0.39 is 23.4 Å². The van der Waals surface area contributed by atoms with E-state index in [-0.39, 0.29) is 28.1 Å². The van der Waals surface area contributed by atoms with Crippen LogP contribution in [0.25, 0.3) is 6.08 Å². The van der Waals surface area contributed by atoms with Gasteiger partial charge < -0.3 is 15.0 Å². The van der Waals surface area contributed by atoms with Gasteiger partial charge in [0.1, 0.15) is 23.8 Å². The summed E-state index contributed by atoms with van der Waals surface area (Å²) in [7, 11) is 0. The molecular formula is C36H26Cl2N2O4. The summed E-state index contributed by atoms with van der Waals surface area (Å²) in [5.74, 6) is -1.59. The number of ketones is 2. The third-order valence-corrected chi connectivity index (χ3v) is 9.37. The Kier molecular flexibility index (Phi) is 6.91. The Morgan fingerprint density at radius 2 is 1.70 bits per heavy atom. The van der Waals surface area contributed by atoms with Gasteiger partial charge in [-0.1, -0.05) is 78.3 Å². The number of amides is 1. The molecule has 3 aliphatic heterocycles. The van der Waals surface area contributed by atoms with Gasteiger partial charge in [-0.25, -0.2) is 0 Å². The second kappa shape index (κ2) is 10.8. The molecule has 0 saturated carbocycles. The van der Waals surface area contributed by atoms with Gasteiger partial charge in [-0.15, -0.1) is 0 Å². The molecule has 0 aliphatic carbocycles. The Hall–Kier alpha value is -4.65. The normalized spacial score (nSPS) is 22.6. The Morgan fingerprint density at radius 3 is 2.48 bits per heavy atom. The summed E-state index contributed by atoms with van der Waals surface area (Å²) < 4.78 is 5.64. The molecule has 1 N–H and O–H groups in total. The quantitative estimate of drug-likeness (QED) is 0.171. The zero-order valence-electron chi connectivity index (χ0n) is 23.4. The van der Waals surface area contributed by atoms with Crippen LogP contribution in [0.15, 0.2) is 110 Å². The van der Waals surface area contributed by atoms with E-state index in [0.29, 0.717) is 34.2 Å². The second-order valence-electron chi connectivity index (χ2n) is 11.1. The fraction of sp³-hybridized carbons (Fsp3) is 0.139. The van der Waals surface area contributed by atoms with E-state index in [1.165, 1.54) is 6.07 Å². The van der Waals surface area contributed by atoms with E-state index in [1.807, 2.05) is 65.7 Å². The van der Waals surface area contributed by atoms with E-state index in [4.69, 9.17) is 27.9 Å². The SMILES string of the molecule is C=CCOc1ccc(C(=O)[C@@H]2[C@H](C(=O)c3ccc(Cl)cc3Cl)N3C=Cc4ccccc4[C@@H]3[C@]23C(=O)Nc2ccccc23)cc1. The highest BCUT2D eigenvalue weighted by atomic mass is 35.5. The fourth-order valence-electron chi connectivity index (χ4n) is 7.07. The number of rotatable bonds is 7. The van der Waals surface area contributed by atoms with Crippen molar-refractivity contribution < 1.29 is 19.1 Å². The summed E-state index contributed by atoms with van der Waals surface area (Å²) >= 11 is 12.8. The molecule has 1 spiro atoms. The number of nitrogens with one attached hydrogen (secondary N) is 1. The van der Waals surface area contributed by atoms with Crippen molar-refractivity contribution in [3.05, 3.63) is 148 Å². The van der Waals surface area contributed by atoms with Gasteiger partial charge in [0.15, 0.2) is 11.6 Å². The largest absolute Gasteiger partial charge is 0.490 e. The van der Waals surface area contributed by atoms with Gasteiger partial charge in [-0.05, 0) is 71.3 Å². The molecule has 4 aromatic rings. The van der Waals surface area contributed by atoms with E-state index in [9.17, 15) is 14.4 Å². The monoisotopic (exact) mass is 620 g/mol. The van der Waals surface area contributed by atoms with E-state index in [2.05, 4.69) is 11.9 Å². The van der Waals surface area contributed by atoms with Crippen LogP contribution in [0, 0.1) is 5.92 Å². The molecule has 44 heavy (non-hydrogen) atoms. The molecule has 4 aromatic carbocycles. The number of hydrogen-bond acceptors (Lipinski definition) is 5. The number of fused-ring (bicyclic) bond motifs is 6. The maximum absolute atomic E-state index is 14.9. The number of anilines is 1. The first-order valence-corrected chi connectivity index (χ1v) is 14.9. The maximum atomic E-state index is 14.9. The topological polar surface area (TPSA) is 75.7 Å². The summed E-state index contributed by atoms with van der Waals surface area (Å²) in [5, 5.41) is 3.61. The number of hydrogen-bond donors (Lipinski definition) is 1. The van der Waals surface area contributed by atoms with Crippen molar-refractivity contribution in [3.63, 3.8) is 0 Å². The molecule has 218 valence electrons. The molecule has 0 radical (unpaired) electrons. The van der Waals surface area contributed by atoms with Gasteiger partial charge >= 0.3 is 0 Å². The average Bonchev–Trinajstić information content (AvgIpc) is 3.51. The van der Waals surface area contributed by atoms with Crippen LogP contribution in [0.5, 0.6) is 5.75 Å². The average molecular weight is 622 g/mol. The lowest BCUT2D eigenvalue weighted by atomic mass is 9.62. The van der Waals surface area contributed by atoms with Crippen LogP contribution in [0.3, 0.4) is 0 Å². The minimum Gasteiger partial charge on any atom is -0.490 e.